The first-order valence-electron chi connectivity index (χ1n) is 10.2. The van der Waals surface area contributed by atoms with Gasteiger partial charge in [-0.1, -0.05) is 6.07 Å². The van der Waals surface area contributed by atoms with Gasteiger partial charge < -0.3 is 29.1 Å². The summed E-state index contributed by atoms with van der Waals surface area (Å²) < 4.78 is 21.6. The molecular weight excluding hydrogens is 440 g/mol. The molecule has 1 aromatic heterocycles. The Kier molecular flexibility index (Phi) is 7.92. The number of nitrogens with zero attached hydrogens (tertiary/aromatic N) is 1. The molecule has 0 radical (unpaired) electrons. The van der Waals surface area contributed by atoms with Gasteiger partial charge in [-0.15, -0.1) is 0 Å². The average molecular weight is 462 g/mol. The molecule has 0 aliphatic carbocycles. The summed E-state index contributed by atoms with van der Waals surface area (Å²) in [5.74, 6) is -0.122. The Balaban J connectivity index is 1.75. The Labute approximate surface area is 195 Å². The molecule has 9 nitrogen and oxygen atoms in total. The number of methoxy groups -OCH3 is 1. The molecule has 174 valence electrons. The van der Waals surface area contributed by atoms with Crippen molar-refractivity contribution >= 4 is 23.6 Å². The van der Waals surface area contributed by atoms with Gasteiger partial charge in [-0.3, -0.25) is 4.79 Å². The quantitative estimate of drug-likeness (QED) is 0.332. The fraction of sp³-hybridized carbons (Fsp3) is 0.160. The molecule has 0 atom stereocenters. The lowest BCUT2D eigenvalue weighted by molar-refractivity contribution is -0.112. The number of nitriles is 1. The molecule has 3 rings (SSSR count). The lowest BCUT2D eigenvalue weighted by atomic mass is 10.1. The van der Waals surface area contributed by atoms with Gasteiger partial charge in [0.1, 0.15) is 29.8 Å². The molecule has 0 fully saturated rings. The van der Waals surface area contributed by atoms with E-state index in [0.717, 1.165) is 0 Å². The number of carboxylic acid groups (broad SMARTS) is 1. The molecule has 1 amide bonds. The van der Waals surface area contributed by atoms with Gasteiger partial charge in [0.25, 0.3) is 5.91 Å². The minimum atomic E-state index is -1.17. The third-order valence-corrected chi connectivity index (χ3v) is 4.53. The lowest BCUT2D eigenvalue weighted by Crippen LogP contribution is -2.13. The number of nitrogens with one attached hydrogen (secondary N) is 1. The topological polar surface area (TPSA) is 131 Å². The Morgan fingerprint density at radius 1 is 1.09 bits per heavy atom. The van der Waals surface area contributed by atoms with Gasteiger partial charge in [0.05, 0.1) is 13.7 Å². The molecular formula is C25H22N2O7. The fourth-order valence-electron chi connectivity index (χ4n) is 2.91. The number of carbonyl (C=O) groups is 2. The smallest absolute Gasteiger partial charge is 0.371 e. The van der Waals surface area contributed by atoms with Crippen LogP contribution in [0.15, 0.2) is 64.6 Å². The van der Waals surface area contributed by atoms with E-state index in [4.69, 9.17) is 23.7 Å². The average Bonchev–Trinajstić information content (AvgIpc) is 3.32. The van der Waals surface area contributed by atoms with Crippen molar-refractivity contribution < 1.29 is 33.3 Å². The predicted octanol–water partition coefficient (Wildman–Crippen LogP) is 4.51. The van der Waals surface area contributed by atoms with Crippen LogP contribution in [0.25, 0.3) is 6.08 Å². The number of hydrogen-bond acceptors (Lipinski definition) is 7. The molecule has 2 aromatic carbocycles. The van der Waals surface area contributed by atoms with Gasteiger partial charge >= 0.3 is 5.97 Å². The first-order chi connectivity index (χ1) is 16.4. The predicted molar refractivity (Wildman–Crippen MR) is 123 cm³/mol. The third kappa shape index (κ3) is 6.17. The van der Waals surface area contributed by atoms with E-state index in [-0.39, 0.29) is 17.9 Å². The Bertz CT molecular complexity index is 1240. The van der Waals surface area contributed by atoms with Gasteiger partial charge in [-0.2, -0.15) is 5.26 Å². The van der Waals surface area contributed by atoms with Crippen LogP contribution in [-0.2, 0) is 11.4 Å². The first kappa shape index (κ1) is 23.9. The summed E-state index contributed by atoms with van der Waals surface area (Å²) in [5.41, 5.74) is 0.988. The number of furan rings is 1. The van der Waals surface area contributed by atoms with Crippen LogP contribution in [0, 0.1) is 11.3 Å². The van der Waals surface area contributed by atoms with Crippen LogP contribution in [0.4, 0.5) is 5.69 Å². The summed E-state index contributed by atoms with van der Waals surface area (Å²) in [6.45, 7) is 2.16. The molecule has 0 aliphatic heterocycles. The van der Waals surface area contributed by atoms with Gasteiger partial charge in [-0.05, 0) is 67.1 Å². The molecule has 0 unspecified atom stereocenters. The Hall–Kier alpha value is -4.71. The van der Waals surface area contributed by atoms with Crippen molar-refractivity contribution in [3.63, 3.8) is 0 Å². The Morgan fingerprint density at radius 2 is 1.85 bits per heavy atom. The molecule has 0 bridgehead atoms. The molecule has 34 heavy (non-hydrogen) atoms. The van der Waals surface area contributed by atoms with Crippen LogP contribution in [0.3, 0.4) is 0 Å². The van der Waals surface area contributed by atoms with E-state index < -0.39 is 11.9 Å². The molecule has 2 N–H and O–H groups in total. The van der Waals surface area contributed by atoms with Crippen LogP contribution in [-0.4, -0.2) is 30.7 Å². The monoisotopic (exact) mass is 462 g/mol. The van der Waals surface area contributed by atoms with Crippen LogP contribution in [0.2, 0.25) is 0 Å². The summed E-state index contributed by atoms with van der Waals surface area (Å²) >= 11 is 0. The normalized spacial score (nSPS) is 10.8. The Morgan fingerprint density at radius 3 is 2.47 bits per heavy atom. The summed E-state index contributed by atoms with van der Waals surface area (Å²) in [6.07, 6.45) is 1.44. The van der Waals surface area contributed by atoms with Gasteiger partial charge in [0.15, 0.2) is 11.5 Å². The highest BCUT2D eigenvalue weighted by Crippen LogP contribution is 2.30. The summed E-state index contributed by atoms with van der Waals surface area (Å²) in [5, 5.41) is 21.1. The van der Waals surface area contributed by atoms with Gasteiger partial charge in [-0.25, -0.2) is 4.79 Å². The minimum Gasteiger partial charge on any atom is -0.497 e. The van der Waals surface area contributed by atoms with E-state index in [1.165, 1.54) is 18.2 Å². The molecule has 0 spiro atoms. The summed E-state index contributed by atoms with van der Waals surface area (Å²) in [4.78, 5) is 23.5. The minimum absolute atomic E-state index is 0.00372. The van der Waals surface area contributed by atoms with E-state index in [2.05, 4.69) is 5.32 Å². The van der Waals surface area contributed by atoms with Crippen LogP contribution in [0.1, 0.15) is 28.8 Å². The number of amides is 1. The highest BCUT2D eigenvalue weighted by molar-refractivity contribution is 6.09. The maximum atomic E-state index is 12.5. The van der Waals surface area contributed by atoms with E-state index in [1.807, 2.05) is 6.07 Å². The van der Waals surface area contributed by atoms with Crippen molar-refractivity contribution in [2.24, 2.45) is 0 Å². The second-order valence-corrected chi connectivity index (χ2v) is 6.85. The number of carbonyl (C=O) groups excluding carboxylic acids is 1. The third-order valence-electron chi connectivity index (χ3n) is 4.53. The van der Waals surface area contributed by atoms with E-state index >= 15 is 0 Å². The van der Waals surface area contributed by atoms with E-state index in [0.29, 0.717) is 40.9 Å². The van der Waals surface area contributed by atoms with Crippen LogP contribution >= 0.6 is 0 Å². The fourth-order valence-corrected chi connectivity index (χ4v) is 2.91. The highest BCUT2D eigenvalue weighted by atomic mass is 16.5. The van der Waals surface area contributed by atoms with Crippen molar-refractivity contribution in [2.75, 3.05) is 19.0 Å². The van der Waals surface area contributed by atoms with Crippen molar-refractivity contribution in [2.45, 2.75) is 13.5 Å². The maximum absolute atomic E-state index is 12.5. The number of hydrogen-bond donors (Lipinski definition) is 2. The van der Waals surface area contributed by atoms with Crippen molar-refractivity contribution in [3.8, 4) is 23.3 Å². The number of benzene rings is 2. The van der Waals surface area contributed by atoms with Crippen LogP contribution < -0.4 is 19.5 Å². The number of carboxylic acids is 1. The molecule has 9 heteroatoms. The zero-order chi connectivity index (χ0) is 24.5. The van der Waals surface area contributed by atoms with Gasteiger partial charge in [0, 0.05) is 5.69 Å². The molecule has 1 heterocycles. The van der Waals surface area contributed by atoms with Crippen molar-refractivity contribution in [1.82, 2.24) is 0 Å². The SMILES string of the molecule is CCOc1cc(C=C(C#N)C(=O)Nc2ccc(OC)cc2)ccc1OCc1ccc(C(=O)O)o1. The second kappa shape index (κ2) is 11.2. The molecule has 3 aromatic rings. The lowest BCUT2D eigenvalue weighted by Gasteiger charge is -2.12. The van der Waals surface area contributed by atoms with E-state index in [9.17, 15) is 14.9 Å². The van der Waals surface area contributed by atoms with Crippen molar-refractivity contribution in [1.29, 1.82) is 5.26 Å². The summed E-state index contributed by atoms with van der Waals surface area (Å²) in [7, 11) is 1.54. The molecule has 0 aliphatic rings. The molecule has 0 saturated carbocycles. The second-order valence-electron chi connectivity index (χ2n) is 6.85. The number of aromatic carboxylic acids is 1. The number of ether oxygens (including phenoxy) is 3. The van der Waals surface area contributed by atoms with Gasteiger partial charge in [0.2, 0.25) is 5.76 Å². The summed E-state index contributed by atoms with van der Waals surface area (Å²) in [6, 6.07) is 16.4. The standard InChI is InChI=1S/C25H22N2O7/c1-3-32-23-13-16(4-10-21(23)33-15-20-9-11-22(34-20)25(29)30)12-17(14-26)24(28)27-18-5-7-19(31-2)8-6-18/h4-13H,3,15H2,1-2H3,(H,27,28)(H,29,30). The maximum Gasteiger partial charge on any atom is 0.371 e. The first-order valence-corrected chi connectivity index (χ1v) is 10.2. The van der Waals surface area contributed by atoms with E-state index in [1.54, 1.807) is 56.5 Å². The van der Waals surface area contributed by atoms with Crippen LogP contribution in [0.5, 0.6) is 17.2 Å². The number of rotatable bonds is 10. The number of anilines is 1. The van der Waals surface area contributed by atoms with Crippen molar-refractivity contribution in [3.05, 3.63) is 77.3 Å². The molecule has 0 saturated heterocycles. The zero-order valence-electron chi connectivity index (χ0n) is 18.5. The largest absolute Gasteiger partial charge is 0.497 e. The highest BCUT2D eigenvalue weighted by Gasteiger charge is 2.13. The zero-order valence-corrected chi connectivity index (χ0v) is 18.5.